The molecule has 2 amide bonds. The topological polar surface area (TPSA) is 96.3 Å². The second-order valence-electron chi connectivity index (χ2n) is 4.97. The molecular formula is C15H21ClN4O3S. The Balaban J connectivity index is 0.00000288. The lowest BCUT2D eigenvalue weighted by atomic mass is 10.3. The van der Waals surface area contributed by atoms with Crippen LogP contribution in [-0.2, 0) is 16.1 Å². The monoisotopic (exact) mass is 372 g/mol. The number of furan rings is 1. The molecule has 2 aromatic heterocycles. The quantitative estimate of drug-likeness (QED) is 0.618. The first-order chi connectivity index (χ1) is 11.1. The maximum atomic E-state index is 11.8. The summed E-state index contributed by atoms with van der Waals surface area (Å²) in [6.07, 6.45) is 1.24. The van der Waals surface area contributed by atoms with Gasteiger partial charge in [0.2, 0.25) is 11.8 Å². The van der Waals surface area contributed by atoms with Crippen LogP contribution in [0.4, 0.5) is 5.13 Å². The minimum atomic E-state index is -0.111. The van der Waals surface area contributed by atoms with E-state index in [1.54, 1.807) is 12.1 Å². The van der Waals surface area contributed by atoms with Crippen LogP contribution in [-0.4, -0.2) is 30.4 Å². The maximum absolute atomic E-state index is 11.8. The predicted octanol–water partition coefficient (Wildman–Crippen LogP) is 2.40. The fourth-order valence-corrected chi connectivity index (χ4v) is 2.59. The van der Waals surface area contributed by atoms with Crippen molar-refractivity contribution in [2.24, 2.45) is 0 Å². The zero-order valence-corrected chi connectivity index (χ0v) is 15.2. The molecular weight excluding hydrogens is 352 g/mol. The van der Waals surface area contributed by atoms with Gasteiger partial charge in [-0.1, -0.05) is 0 Å². The van der Waals surface area contributed by atoms with Crippen molar-refractivity contribution in [2.45, 2.75) is 26.3 Å². The highest BCUT2D eigenvalue weighted by Crippen LogP contribution is 2.26. The first kappa shape index (κ1) is 20.1. The Morgan fingerprint density at radius 2 is 2.12 bits per heavy atom. The normalized spacial score (nSPS) is 10.1. The number of carbonyl (C=O) groups excluding carboxylic acids is 2. The van der Waals surface area contributed by atoms with Crippen LogP contribution in [0, 0.1) is 0 Å². The van der Waals surface area contributed by atoms with Gasteiger partial charge in [-0.25, -0.2) is 4.98 Å². The number of anilines is 1. The molecule has 0 saturated heterocycles. The standard InChI is InChI=1S/C15H20N4O3S.ClH/c1-10(20)17-8-11-5-6-13(22-11)12-9-23-15(18-12)19-14(21)4-3-7-16-2;/h5-6,9,16H,3-4,7-8H2,1-2H3,(H,17,20)(H,18,19,21);1H. The second-order valence-corrected chi connectivity index (χ2v) is 5.83. The van der Waals surface area contributed by atoms with E-state index in [0.717, 1.165) is 13.0 Å². The third-order valence-electron chi connectivity index (χ3n) is 3.01. The van der Waals surface area contributed by atoms with Crippen LogP contribution in [0.3, 0.4) is 0 Å². The molecule has 0 radical (unpaired) electrons. The molecule has 0 aliphatic heterocycles. The van der Waals surface area contributed by atoms with E-state index in [1.807, 2.05) is 12.4 Å². The smallest absolute Gasteiger partial charge is 0.226 e. The molecule has 132 valence electrons. The molecule has 0 aromatic carbocycles. The molecule has 9 heteroatoms. The van der Waals surface area contributed by atoms with E-state index in [9.17, 15) is 9.59 Å². The van der Waals surface area contributed by atoms with Gasteiger partial charge in [0, 0.05) is 18.7 Å². The van der Waals surface area contributed by atoms with Gasteiger partial charge in [0.15, 0.2) is 10.9 Å². The van der Waals surface area contributed by atoms with Gasteiger partial charge in [-0.3, -0.25) is 9.59 Å². The minimum absolute atomic E-state index is 0. The molecule has 0 spiro atoms. The fourth-order valence-electron chi connectivity index (χ4n) is 1.87. The lowest BCUT2D eigenvalue weighted by Gasteiger charge is -2.01. The number of nitrogens with one attached hydrogen (secondary N) is 3. The van der Waals surface area contributed by atoms with Crippen molar-refractivity contribution >= 4 is 40.7 Å². The Morgan fingerprint density at radius 1 is 1.33 bits per heavy atom. The molecule has 0 unspecified atom stereocenters. The number of amides is 2. The summed E-state index contributed by atoms with van der Waals surface area (Å²) in [6.45, 7) is 2.60. The highest BCUT2D eigenvalue weighted by Gasteiger charge is 2.11. The van der Waals surface area contributed by atoms with Crippen LogP contribution >= 0.6 is 23.7 Å². The van der Waals surface area contributed by atoms with E-state index in [1.165, 1.54) is 18.3 Å². The lowest BCUT2D eigenvalue weighted by molar-refractivity contribution is -0.119. The average Bonchev–Trinajstić information content (AvgIpc) is 3.14. The van der Waals surface area contributed by atoms with Gasteiger partial charge >= 0.3 is 0 Å². The third kappa shape index (κ3) is 6.31. The van der Waals surface area contributed by atoms with Crippen molar-refractivity contribution in [3.05, 3.63) is 23.3 Å². The number of nitrogens with zero attached hydrogens (tertiary/aromatic N) is 1. The molecule has 0 bridgehead atoms. The number of hydrogen-bond acceptors (Lipinski definition) is 6. The highest BCUT2D eigenvalue weighted by molar-refractivity contribution is 7.14. The van der Waals surface area contributed by atoms with Crippen LogP contribution in [0.25, 0.3) is 11.5 Å². The Kier molecular flexibility index (Phi) is 8.45. The van der Waals surface area contributed by atoms with Gasteiger partial charge in [0.05, 0.1) is 6.54 Å². The molecule has 0 aliphatic carbocycles. The Hall–Kier alpha value is -1.90. The van der Waals surface area contributed by atoms with Gasteiger partial charge < -0.3 is 20.4 Å². The van der Waals surface area contributed by atoms with Crippen LogP contribution < -0.4 is 16.0 Å². The van der Waals surface area contributed by atoms with Crippen LogP contribution in [0.1, 0.15) is 25.5 Å². The number of halogens is 1. The summed E-state index contributed by atoms with van der Waals surface area (Å²) in [7, 11) is 1.86. The summed E-state index contributed by atoms with van der Waals surface area (Å²) >= 11 is 1.35. The molecule has 7 nitrogen and oxygen atoms in total. The van der Waals surface area contributed by atoms with Crippen LogP contribution in [0.15, 0.2) is 21.9 Å². The summed E-state index contributed by atoms with van der Waals surface area (Å²) < 4.78 is 5.63. The molecule has 2 aromatic rings. The molecule has 2 heterocycles. The Bertz CT molecular complexity index is 671. The van der Waals surface area contributed by atoms with Crippen molar-refractivity contribution < 1.29 is 14.0 Å². The highest BCUT2D eigenvalue weighted by atomic mass is 35.5. The summed E-state index contributed by atoms with van der Waals surface area (Å²) in [6, 6.07) is 3.59. The molecule has 2 rings (SSSR count). The first-order valence-corrected chi connectivity index (χ1v) is 8.20. The van der Waals surface area contributed by atoms with E-state index in [4.69, 9.17) is 4.42 Å². The van der Waals surface area contributed by atoms with Gasteiger partial charge in [-0.15, -0.1) is 23.7 Å². The largest absolute Gasteiger partial charge is 0.458 e. The van der Waals surface area contributed by atoms with Gasteiger partial charge in [0.25, 0.3) is 0 Å². The molecule has 0 fully saturated rings. The van der Waals surface area contributed by atoms with E-state index in [2.05, 4.69) is 20.9 Å². The molecule has 3 N–H and O–H groups in total. The summed E-state index contributed by atoms with van der Waals surface area (Å²) in [5, 5.41) is 10.8. The zero-order chi connectivity index (χ0) is 16.7. The van der Waals surface area contributed by atoms with E-state index in [0.29, 0.717) is 35.3 Å². The second kappa shape index (κ2) is 10.1. The number of thiazole rings is 1. The van der Waals surface area contributed by atoms with Crippen LogP contribution in [0.5, 0.6) is 0 Å². The SMILES string of the molecule is CNCCCC(=O)Nc1nc(-c2ccc(CNC(C)=O)o2)cs1.Cl. The minimum Gasteiger partial charge on any atom is -0.458 e. The van der Waals surface area contributed by atoms with Gasteiger partial charge in [-0.05, 0) is 32.1 Å². The average molecular weight is 373 g/mol. The van der Waals surface area contributed by atoms with Crippen LogP contribution in [0.2, 0.25) is 0 Å². The van der Waals surface area contributed by atoms with Crippen molar-refractivity contribution in [1.82, 2.24) is 15.6 Å². The number of aromatic nitrogens is 1. The number of hydrogen-bond donors (Lipinski definition) is 3. The van der Waals surface area contributed by atoms with E-state index >= 15 is 0 Å². The summed E-state index contributed by atoms with van der Waals surface area (Å²) in [5.74, 6) is 1.10. The molecule has 0 aliphatic rings. The van der Waals surface area contributed by atoms with Crippen molar-refractivity contribution in [2.75, 3.05) is 18.9 Å². The van der Waals surface area contributed by atoms with Crippen molar-refractivity contribution in [3.63, 3.8) is 0 Å². The summed E-state index contributed by atoms with van der Waals surface area (Å²) in [4.78, 5) is 27.0. The van der Waals surface area contributed by atoms with Crippen molar-refractivity contribution in [3.8, 4) is 11.5 Å². The maximum Gasteiger partial charge on any atom is 0.226 e. The van der Waals surface area contributed by atoms with E-state index in [-0.39, 0.29) is 24.2 Å². The summed E-state index contributed by atoms with van der Waals surface area (Å²) in [5.41, 5.74) is 0.662. The first-order valence-electron chi connectivity index (χ1n) is 7.32. The Morgan fingerprint density at radius 3 is 2.83 bits per heavy atom. The van der Waals surface area contributed by atoms with E-state index < -0.39 is 0 Å². The molecule has 0 saturated carbocycles. The number of rotatable bonds is 8. The molecule has 0 atom stereocenters. The fraction of sp³-hybridized carbons (Fsp3) is 0.400. The van der Waals surface area contributed by atoms with Gasteiger partial charge in [-0.2, -0.15) is 0 Å². The van der Waals surface area contributed by atoms with Crippen molar-refractivity contribution in [1.29, 1.82) is 0 Å². The predicted molar refractivity (Wildman–Crippen MR) is 96.4 cm³/mol. The Labute approximate surface area is 150 Å². The van der Waals surface area contributed by atoms with Gasteiger partial charge in [0.1, 0.15) is 11.5 Å². The third-order valence-corrected chi connectivity index (χ3v) is 3.76. The lowest BCUT2D eigenvalue weighted by Crippen LogP contribution is -2.18. The number of carbonyl (C=O) groups is 2. The molecule has 24 heavy (non-hydrogen) atoms. The zero-order valence-electron chi connectivity index (χ0n) is 13.5.